The largest absolute Gasteiger partial charge is 0.339 e. The SMILES string of the molecule is O=C1NC(Cc2ccccc2)C(=O)NC1=Cc1ccccc1. The predicted octanol–water partition coefficient (Wildman–Crippen LogP) is 1.88. The number of amides is 2. The van der Waals surface area contributed by atoms with E-state index in [1.54, 1.807) is 6.08 Å². The Morgan fingerprint density at radius 3 is 2.23 bits per heavy atom. The van der Waals surface area contributed by atoms with Gasteiger partial charge in [0.15, 0.2) is 0 Å². The van der Waals surface area contributed by atoms with Gasteiger partial charge in [-0.3, -0.25) is 9.59 Å². The molecule has 1 fully saturated rings. The topological polar surface area (TPSA) is 58.2 Å². The van der Waals surface area contributed by atoms with Crippen molar-refractivity contribution in [2.45, 2.75) is 12.5 Å². The maximum atomic E-state index is 12.2. The van der Waals surface area contributed by atoms with Gasteiger partial charge in [0.2, 0.25) is 5.91 Å². The summed E-state index contributed by atoms with van der Waals surface area (Å²) in [6.45, 7) is 0. The molecule has 1 atom stereocenters. The van der Waals surface area contributed by atoms with Crippen molar-refractivity contribution in [3.8, 4) is 0 Å². The summed E-state index contributed by atoms with van der Waals surface area (Å²) < 4.78 is 0. The molecule has 22 heavy (non-hydrogen) atoms. The molecule has 1 saturated heterocycles. The lowest BCUT2D eigenvalue weighted by Crippen LogP contribution is -2.55. The lowest BCUT2D eigenvalue weighted by Gasteiger charge is -2.25. The summed E-state index contributed by atoms with van der Waals surface area (Å²) in [5, 5.41) is 5.46. The second-order valence-corrected chi connectivity index (χ2v) is 5.17. The summed E-state index contributed by atoms with van der Waals surface area (Å²) in [5.41, 5.74) is 2.16. The Balaban J connectivity index is 1.73. The van der Waals surface area contributed by atoms with E-state index in [0.29, 0.717) is 6.42 Å². The minimum absolute atomic E-state index is 0.189. The number of nitrogens with one attached hydrogen (secondary N) is 2. The molecule has 1 heterocycles. The second-order valence-electron chi connectivity index (χ2n) is 5.17. The van der Waals surface area contributed by atoms with Crippen LogP contribution in [0.2, 0.25) is 0 Å². The summed E-state index contributed by atoms with van der Waals surface area (Å²) in [4.78, 5) is 24.3. The third kappa shape index (κ3) is 3.23. The van der Waals surface area contributed by atoms with Crippen molar-refractivity contribution in [1.82, 2.24) is 10.6 Å². The molecular weight excluding hydrogens is 276 g/mol. The second kappa shape index (κ2) is 6.26. The Bertz CT molecular complexity index is 708. The molecule has 0 spiro atoms. The highest BCUT2D eigenvalue weighted by molar-refractivity contribution is 6.07. The van der Waals surface area contributed by atoms with Gasteiger partial charge in [0.25, 0.3) is 5.91 Å². The van der Waals surface area contributed by atoms with Gasteiger partial charge in [-0.2, -0.15) is 0 Å². The summed E-state index contributed by atoms with van der Waals surface area (Å²) in [6, 6.07) is 18.5. The van der Waals surface area contributed by atoms with Gasteiger partial charge in [0, 0.05) is 6.42 Å². The normalized spacial score (nSPS) is 19.6. The minimum Gasteiger partial charge on any atom is -0.339 e. The average molecular weight is 292 g/mol. The summed E-state index contributed by atoms with van der Waals surface area (Å²) in [6.07, 6.45) is 2.16. The molecule has 1 unspecified atom stereocenters. The zero-order valence-electron chi connectivity index (χ0n) is 12.0. The van der Waals surface area contributed by atoms with Gasteiger partial charge in [-0.15, -0.1) is 0 Å². The van der Waals surface area contributed by atoms with E-state index in [-0.39, 0.29) is 17.5 Å². The number of benzene rings is 2. The van der Waals surface area contributed by atoms with E-state index < -0.39 is 6.04 Å². The molecule has 0 radical (unpaired) electrons. The number of rotatable bonds is 3. The first kappa shape index (κ1) is 14.1. The summed E-state index contributed by atoms with van der Waals surface area (Å²) >= 11 is 0. The van der Waals surface area contributed by atoms with E-state index in [1.807, 2.05) is 60.7 Å². The van der Waals surface area contributed by atoms with Gasteiger partial charge in [0.1, 0.15) is 11.7 Å². The third-order valence-electron chi connectivity index (χ3n) is 3.52. The van der Waals surface area contributed by atoms with E-state index in [0.717, 1.165) is 11.1 Å². The quantitative estimate of drug-likeness (QED) is 0.849. The van der Waals surface area contributed by atoms with Crippen molar-refractivity contribution < 1.29 is 9.59 Å². The molecule has 110 valence electrons. The van der Waals surface area contributed by atoms with Gasteiger partial charge in [0.05, 0.1) is 0 Å². The molecule has 1 aliphatic heterocycles. The van der Waals surface area contributed by atoms with Crippen LogP contribution in [0.1, 0.15) is 11.1 Å². The fraction of sp³-hybridized carbons (Fsp3) is 0.111. The number of hydrogen-bond donors (Lipinski definition) is 2. The number of piperazine rings is 1. The van der Waals surface area contributed by atoms with Crippen LogP contribution < -0.4 is 10.6 Å². The molecule has 1 aliphatic rings. The molecule has 3 rings (SSSR count). The van der Waals surface area contributed by atoms with Crippen molar-refractivity contribution in [2.75, 3.05) is 0 Å². The standard InChI is InChI=1S/C18H16N2O2/c21-17-15(11-13-7-3-1-4-8-13)19-18(22)16(20-17)12-14-9-5-2-6-10-14/h1-11,16H,12H2,(H,19,22)(H,20,21). The predicted molar refractivity (Wildman–Crippen MR) is 84.6 cm³/mol. The van der Waals surface area contributed by atoms with Crippen LogP contribution in [-0.2, 0) is 16.0 Å². The van der Waals surface area contributed by atoms with E-state index in [1.165, 1.54) is 0 Å². The number of carbonyl (C=O) groups excluding carboxylic acids is 2. The highest BCUT2D eigenvalue weighted by atomic mass is 16.2. The molecule has 0 aromatic heterocycles. The molecule has 0 aliphatic carbocycles. The van der Waals surface area contributed by atoms with Gasteiger partial charge in [-0.05, 0) is 17.2 Å². The molecule has 4 heteroatoms. The first-order chi connectivity index (χ1) is 10.7. The van der Waals surface area contributed by atoms with Crippen molar-refractivity contribution in [3.63, 3.8) is 0 Å². The summed E-state index contributed by atoms with van der Waals surface area (Å²) in [7, 11) is 0. The molecular formula is C18H16N2O2. The van der Waals surface area contributed by atoms with Crippen LogP contribution in [0.15, 0.2) is 66.4 Å². The van der Waals surface area contributed by atoms with Crippen LogP contribution in [-0.4, -0.2) is 17.9 Å². The molecule has 2 N–H and O–H groups in total. The van der Waals surface area contributed by atoms with Gasteiger partial charge in [-0.1, -0.05) is 60.7 Å². The lowest BCUT2D eigenvalue weighted by atomic mass is 10.0. The minimum atomic E-state index is -0.539. The van der Waals surface area contributed by atoms with Crippen LogP contribution in [0, 0.1) is 0 Å². The molecule has 2 aromatic carbocycles. The third-order valence-corrected chi connectivity index (χ3v) is 3.52. The van der Waals surface area contributed by atoms with Gasteiger partial charge >= 0.3 is 0 Å². The zero-order valence-corrected chi connectivity index (χ0v) is 12.0. The van der Waals surface area contributed by atoms with Crippen molar-refractivity contribution in [2.24, 2.45) is 0 Å². The van der Waals surface area contributed by atoms with Crippen LogP contribution in [0.4, 0.5) is 0 Å². The van der Waals surface area contributed by atoms with Crippen LogP contribution in [0.5, 0.6) is 0 Å². The van der Waals surface area contributed by atoms with Crippen molar-refractivity contribution in [3.05, 3.63) is 77.5 Å². The van der Waals surface area contributed by atoms with Gasteiger partial charge in [-0.25, -0.2) is 0 Å². The van der Waals surface area contributed by atoms with Crippen LogP contribution >= 0.6 is 0 Å². The van der Waals surface area contributed by atoms with E-state index in [4.69, 9.17) is 0 Å². The zero-order chi connectivity index (χ0) is 15.4. The van der Waals surface area contributed by atoms with E-state index in [9.17, 15) is 9.59 Å². The first-order valence-corrected chi connectivity index (χ1v) is 7.15. The number of carbonyl (C=O) groups is 2. The lowest BCUT2D eigenvalue weighted by molar-refractivity contribution is -0.131. The molecule has 2 amide bonds. The molecule has 2 aromatic rings. The van der Waals surface area contributed by atoms with Crippen molar-refractivity contribution >= 4 is 17.9 Å². The fourth-order valence-electron chi connectivity index (χ4n) is 2.39. The Hall–Kier alpha value is -2.88. The molecule has 4 nitrogen and oxygen atoms in total. The molecule has 0 bridgehead atoms. The van der Waals surface area contributed by atoms with Crippen LogP contribution in [0.25, 0.3) is 6.08 Å². The Labute approximate surface area is 128 Å². The van der Waals surface area contributed by atoms with Crippen LogP contribution in [0.3, 0.4) is 0 Å². The summed E-state index contributed by atoms with van der Waals surface area (Å²) in [5.74, 6) is -0.449. The smallest absolute Gasteiger partial charge is 0.268 e. The Kier molecular flexibility index (Phi) is 4.01. The Morgan fingerprint density at radius 2 is 1.55 bits per heavy atom. The van der Waals surface area contributed by atoms with Crippen molar-refractivity contribution in [1.29, 1.82) is 0 Å². The maximum absolute atomic E-state index is 12.2. The maximum Gasteiger partial charge on any atom is 0.268 e. The Morgan fingerprint density at radius 1 is 0.909 bits per heavy atom. The molecule has 0 saturated carbocycles. The highest BCUT2D eigenvalue weighted by Gasteiger charge is 2.29. The average Bonchev–Trinajstić information content (AvgIpc) is 2.54. The number of hydrogen-bond acceptors (Lipinski definition) is 2. The fourth-order valence-corrected chi connectivity index (χ4v) is 2.39. The van der Waals surface area contributed by atoms with Gasteiger partial charge < -0.3 is 10.6 Å². The van der Waals surface area contributed by atoms with E-state index >= 15 is 0 Å². The first-order valence-electron chi connectivity index (χ1n) is 7.15. The monoisotopic (exact) mass is 292 g/mol. The van der Waals surface area contributed by atoms with E-state index in [2.05, 4.69) is 10.6 Å². The highest BCUT2D eigenvalue weighted by Crippen LogP contribution is 2.11.